The van der Waals surface area contributed by atoms with Gasteiger partial charge >= 0.3 is 0 Å². The third kappa shape index (κ3) is 4.44. The molecular formula is C14H19N3O3S. The highest BCUT2D eigenvalue weighted by molar-refractivity contribution is 8.00. The Balaban J connectivity index is 1.80. The number of rotatable bonds is 5. The number of thioether (sulfide) groups is 1. The van der Waals surface area contributed by atoms with Gasteiger partial charge in [0.15, 0.2) is 0 Å². The Labute approximate surface area is 128 Å². The fourth-order valence-corrected chi connectivity index (χ4v) is 3.02. The molecule has 1 saturated heterocycles. The van der Waals surface area contributed by atoms with Crippen molar-refractivity contribution in [3.8, 4) is 0 Å². The van der Waals surface area contributed by atoms with Crippen molar-refractivity contribution in [1.82, 2.24) is 9.80 Å². The van der Waals surface area contributed by atoms with Gasteiger partial charge in [-0.25, -0.2) is 0 Å². The van der Waals surface area contributed by atoms with Crippen LogP contribution in [0.2, 0.25) is 0 Å². The van der Waals surface area contributed by atoms with Crippen LogP contribution in [-0.4, -0.2) is 59.1 Å². The van der Waals surface area contributed by atoms with Gasteiger partial charge in [-0.2, -0.15) is 0 Å². The summed E-state index contributed by atoms with van der Waals surface area (Å²) in [6.45, 7) is 6.59. The second kappa shape index (κ2) is 7.42. The highest BCUT2D eigenvalue weighted by atomic mass is 32.2. The lowest BCUT2D eigenvalue weighted by atomic mass is 10.3. The molecule has 0 bridgehead atoms. The van der Waals surface area contributed by atoms with E-state index in [1.807, 2.05) is 4.90 Å². The summed E-state index contributed by atoms with van der Waals surface area (Å²) in [5.41, 5.74) is 0.0707. The van der Waals surface area contributed by atoms with E-state index in [2.05, 4.69) is 11.8 Å². The van der Waals surface area contributed by atoms with E-state index in [4.69, 9.17) is 0 Å². The average Bonchev–Trinajstić information content (AvgIpc) is 2.53. The number of amides is 1. The van der Waals surface area contributed by atoms with E-state index >= 15 is 0 Å². The molecule has 0 spiro atoms. The average molecular weight is 309 g/mol. The molecular weight excluding hydrogens is 290 g/mol. The molecule has 1 heterocycles. The predicted molar refractivity (Wildman–Crippen MR) is 82.5 cm³/mol. The fourth-order valence-electron chi connectivity index (χ4n) is 2.21. The van der Waals surface area contributed by atoms with Crippen LogP contribution in [0.25, 0.3) is 0 Å². The molecule has 0 unspecified atom stereocenters. The number of carbonyl (C=O) groups excluding carboxylic acids is 1. The fraction of sp³-hybridized carbons (Fsp3) is 0.500. The molecule has 2 rings (SSSR count). The molecule has 1 amide bonds. The molecule has 0 N–H and O–H groups in total. The van der Waals surface area contributed by atoms with Gasteiger partial charge in [0.1, 0.15) is 0 Å². The molecule has 7 heteroatoms. The predicted octanol–water partition coefficient (Wildman–Crippen LogP) is 1.85. The van der Waals surface area contributed by atoms with E-state index in [9.17, 15) is 14.9 Å². The van der Waals surface area contributed by atoms with Gasteiger partial charge in [-0.05, 0) is 18.7 Å². The van der Waals surface area contributed by atoms with Crippen molar-refractivity contribution in [2.24, 2.45) is 0 Å². The number of nitro benzene ring substituents is 1. The zero-order valence-corrected chi connectivity index (χ0v) is 12.8. The standard InChI is InChI=1S/C14H19N3O3S/c1-2-15-7-9-16(10-8-15)14(18)11-21-13-5-3-12(4-6-13)17(19)20/h3-6H,2,7-11H2,1H3. The summed E-state index contributed by atoms with van der Waals surface area (Å²) in [5, 5.41) is 10.6. The van der Waals surface area contributed by atoms with Crippen molar-refractivity contribution in [1.29, 1.82) is 0 Å². The zero-order valence-electron chi connectivity index (χ0n) is 12.0. The topological polar surface area (TPSA) is 66.7 Å². The van der Waals surface area contributed by atoms with Crippen LogP contribution in [0.1, 0.15) is 6.92 Å². The first kappa shape index (κ1) is 15.8. The van der Waals surface area contributed by atoms with Crippen molar-refractivity contribution in [2.45, 2.75) is 11.8 Å². The van der Waals surface area contributed by atoms with Crippen LogP contribution in [0.5, 0.6) is 0 Å². The minimum Gasteiger partial charge on any atom is -0.339 e. The highest BCUT2D eigenvalue weighted by Gasteiger charge is 2.20. The summed E-state index contributed by atoms with van der Waals surface area (Å²) >= 11 is 1.42. The summed E-state index contributed by atoms with van der Waals surface area (Å²) in [6.07, 6.45) is 0. The van der Waals surface area contributed by atoms with Gasteiger partial charge in [-0.3, -0.25) is 14.9 Å². The van der Waals surface area contributed by atoms with Crippen LogP contribution in [-0.2, 0) is 4.79 Å². The van der Waals surface area contributed by atoms with Crippen LogP contribution < -0.4 is 0 Å². The molecule has 0 aliphatic carbocycles. The second-order valence-corrected chi connectivity index (χ2v) is 5.90. The van der Waals surface area contributed by atoms with E-state index in [0.29, 0.717) is 5.75 Å². The van der Waals surface area contributed by atoms with E-state index in [0.717, 1.165) is 37.6 Å². The van der Waals surface area contributed by atoms with Gasteiger partial charge in [-0.1, -0.05) is 6.92 Å². The summed E-state index contributed by atoms with van der Waals surface area (Å²) in [6, 6.07) is 6.30. The maximum absolute atomic E-state index is 12.1. The minimum absolute atomic E-state index is 0.0707. The third-order valence-electron chi connectivity index (χ3n) is 3.58. The Morgan fingerprint density at radius 1 is 1.24 bits per heavy atom. The number of nitro groups is 1. The van der Waals surface area contributed by atoms with Gasteiger partial charge in [0.2, 0.25) is 5.91 Å². The lowest BCUT2D eigenvalue weighted by molar-refractivity contribution is -0.384. The van der Waals surface area contributed by atoms with Gasteiger partial charge in [-0.15, -0.1) is 11.8 Å². The number of non-ortho nitro benzene ring substituents is 1. The van der Waals surface area contributed by atoms with Crippen LogP contribution in [0.4, 0.5) is 5.69 Å². The maximum atomic E-state index is 12.1. The molecule has 1 aliphatic rings. The number of hydrogen-bond acceptors (Lipinski definition) is 5. The molecule has 1 fully saturated rings. The number of hydrogen-bond donors (Lipinski definition) is 0. The minimum atomic E-state index is -0.424. The molecule has 0 aromatic heterocycles. The number of piperazine rings is 1. The largest absolute Gasteiger partial charge is 0.339 e. The summed E-state index contributed by atoms with van der Waals surface area (Å²) < 4.78 is 0. The van der Waals surface area contributed by atoms with E-state index in [1.54, 1.807) is 12.1 Å². The first-order chi connectivity index (χ1) is 10.1. The summed E-state index contributed by atoms with van der Waals surface area (Å²) in [5.74, 6) is 0.512. The summed E-state index contributed by atoms with van der Waals surface area (Å²) in [4.78, 5) is 27.4. The Kier molecular flexibility index (Phi) is 5.58. The van der Waals surface area contributed by atoms with Crippen molar-refractivity contribution in [3.63, 3.8) is 0 Å². The zero-order chi connectivity index (χ0) is 15.2. The number of nitrogens with zero attached hydrogens (tertiary/aromatic N) is 3. The number of likely N-dealkylation sites (N-methyl/N-ethyl adjacent to an activating group) is 1. The Hall–Kier alpha value is -1.60. The Morgan fingerprint density at radius 3 is 2.38 bits per heavy atom. The SMILES string of the molecule is CCN1CCN(C(=O)CSc2ccc([N+](=O)[O-])cc2)CC1. The molecule has 0 saturated carbocycles. The molecule has 1 aliphatic heterocycles. The lowest BCUT2D eigenvalue weighted by Gasteiger charge is -2.34. The highest BCUT2D eigenvalue weighted by Crippen LogP contribution is 2.21. The van der Waals surface area contributed by atoms with Crippen molar-refractivity contribution < 1.29 is 9.72 Å². The van der Waals surface area contributed by atoms with Gasteiger partial charge < -0.3 is 9.80 Å². The molecule has 0 radical (unpaired) electrons. The van der Waals surface area contributed by atoms with Gasteiger partial charge in [0.05, 0.1) is 10.7 Å². The monoisotopic (exact) mass is 309 g/mol. The van der Waals surface area contributed by atoms with Crippen LogP contribution in [0.3, 0.4) is 0 Å². The second-order valence-electron chi connectivity index (χ2n) is 4.85. The van der Waals surface area contributed by atoms with Crippen LogP contribution >= 0.6 is 11.8 Å². The van der Waals surface area contributed by atoms with Gasteiger partial charge in [0, 0.05) is 43.2 Å². The summed E-state index contributed by atoms with van der Waals surface area (Å²) in [7, 11) is 0. The molecule has 6 nitrogen and oxygen atoms in total. The van der Waals surface area contributed by atoms with Crippen LogP contribution in [0, 0.1) is 10.1 Å². The third-order valence-corrected chi connectivity index (χ3v) is 4.58. The lowest BCUT2D eigenvalue weighted by Crippen LogP contribution is -2.49. The Bertz CT molecular complexity index is 499. The van der Waals surface area contributed by atoms with E-state index in [1.165, 1.54) is 23.9 Å². The number of benzene rings is 1. The van der Waals surface area contributed by atoms with Crippen LogP contribution in [0.15, 0.2) is 29.2 Å². The molecule has 0 atom stereocenters. The normalized spacial score (nSPS) is 16.0. The molecule has 1 aromatic carbocycles. The molecule has 1 aromatic rings. The van der Waals surface area contributed by atoms with Gasteiger partial charge in [0.25, 0.3) is 5.69 Å². The first-order valence-corrected chi connectivity index (χ1v) is 7.96. The molecule has 114 valence electrons. The Morgan fingerprint density at radius 2 is 1.86 bits per heavy atom. The van der Waals surface area contributed by atoms with Crippen molar-refractivity contribution >= 4 is 23.4 Å². The smallest absolute Gasteiger partial charge is 0.269 e. The first-order valence-electron chi connectivity index (χ1n) is 6.97. The van der Waals surface area contributed by atoms with Crippen molar-refractivity contribution in [3.05, 3.63) is 34.4 Å². The van der Waals surface area contributed by atoms with E-state index < -0.39 is 4.92 Å². The molecule has 21 heavy (non-hydrogen) atoms. The maximum Gasteiger partial charge on any atom is 0.269 e. The van der Waals surface area contributed by atoms with Crippen molar-refractivity contribution in [2.75, 3.05) is 38.5 Å². The quantitative estimate of drug-likeness (QED) is 0.472. The van der Waals surface area contributed by atoms with E-state index in [-0.39, 0.29) is 11.6 Å². The number of carbonyl (C=O) groups is 1.